The number of benzene rings is 2. The van der Waals surface area contributed by atoms with Gasteiger partial charge >= 0.3 is 11.9 Å². The first-order valence-electron chi connectivity index (χ1n) is 7.28. The second-order valence-corrected chi connectivity index (χ2v) is 5.05. The van der Waals surface area contributed by atoms with Crippen molar-refractivity contribution in [3.05, 3.63) is 59.7 Å². The van der Waals surface area contributed by atoms with Gasteiger partial charge in [-0.2, -0.15) is 0 Å². The predicted octanol–water partition coefficient (Wildman–Crippen LogP) is 3.46. The second-order valence-electron chi connectivity index (χ2n) is 5.05. The number of carboxylic acid groups (broad SMARTS) is 1. The van der Waals surface area contributed by atoms with Crippen LogP contribution in [-0.4, -0.2) is 23.1 Å². The van der Waals surface area contributed by atoms with E-state index in [0.717, 1.165) is 5.56 Å². The molecular weight excluding hydrogens is 296 g/mol. The van der Waals surface area contributed by atoms with Crippen molar-refractivity contribution in [2.75, 3.05) is 0 Å². The third-order valence-electron chi connectivity index (χ3n) is 3.23. The molecule has 1 N–H and O–H groups in total. The molecule has 1 unspecified atom stereocenters. The lowest BCUT2D eigenvalue weighted by molar-refractivity contribution is -0.142. The first-order valence-corrected chi connectivity index (χ1v) is 7.28. The molecule has 0 aliphatic heterocycles. The molecule has 2 aromatic rings. The Morgan fingerprint density at radius 2 is 1.87 bits per heavy atom. The predicted molar refractivity (Wildman–Crippen MR) is 84.9 cm³/mol. The van der Waals surface area contributed by atoms with Crippen molar-refractivity contribution in [3.8, 4) is 11.5 Å². The summed E-state index contributed by atoms with van der Waals surface area (Å²) in [7, 11) is 0. The van der Waals surface area contributed by atoms with Crippen molar-refractivity contribution >= 4 is 11.9 Å². The van der Waals surface area contributed by atoms with Crippen LogP contribution in [0.2, 0.25) is 0 Å². The number of rotatable bonds is 6. The minimum atomic E-state index is -1.15. The summed E-state index contributed by atoms with van der Waals surface area (Å²) in [5.41, 5.74) is 0.952. The molecule has 0 saturated carbocycles. The summed E-state index contributed by atoms with van der Waals surface area (Å²) in [6.07, 6.45) is -0.402. The number of para-hydroxylation sites is 1. The average Bonchev–Trinajstić information content (AvgIpc) is 2.53. The molecule has 23 heavy (non-hydrogen) atoms. The fourth-order valence-corrected chi connectivity index (χ4v) is 2.06. The van der Waals surface area contributed by atoms with Crippen molar-refractivity contribution in [1.29, 1.82) is 0 Å². The smallest absolute Gasteiger partial charge is 0.352 e. The molecule has 120 valence electrons. The Bertz CT molecular complexity index is 708. The standard InChI is InChI=1S/C18H18O5/c1-3-15(22-13-8-6-7-12(2)11-13)18(21)23-16-10-5-4-9-14(16)17(19)20/h4-11,15H,3H2,1-2H3,(H,19,20). The summed E-state index contributed by atoms with van der Waals surface area (Å²) in [6, 6.07) is 13.3. The highest BCUT2D eigenvalue weighted by Crippen LogP contribution is 2.20. The van der Waals surface area contributed by atoms with Gasteiger partial charge in [-0.05, 0) is 43.2 Å². The molecule has 0 aliphatic rings. The van der Waals surface area contributed by atoms with Gasteiger partial charge in [-0.25, -0.2) is 9.59 Å². The molecule has 5 nitrogen and oxygen atoms in total. The summed E-state index contributed by atoms with van der Waals surface area (Å²) in [5.74, 6) is -1.19. The maximum Gasteiger partial charge on any atom is 0.352 e. The Labute approximate surface area is 134 Å². The number of carbonyl (C=O) groups is 2. The lowest BCUT2D eigenvalue weighted by Crippen LogP contribution is -2.31. The van der Waals surface area contributed by atoms with E-state index in [4.69, 9.17) is 14.6 Å². The molecule has 1 atom stereocenters. The summed E-state index contributed by atoms with van der Waals surface area (Å²) in [6.45, 7) is 3.72. The van der Waals surface area contributed by atoms with Gasteiger partial charge in [0.25, 0.3) is 0 Å². The molecule has 0 bridgehead atoms. The average molecular weight is 314 g/mol. The molecular formula is C18H18O5. The lowest BCUT2D eigenvalue weighted by Gasteiger charge is -2.17. The Hall–Kier alpha value is -2.82. The first kappa shape index (κ1) is 16.5. The van der Waals surface area contributed by atoms with Gasteiger partial charge < -0.3 is 14.6 Å². The van der Waals surface area contributed by atoms with Crippen LogP contribution in [0, 0.1) is 6.92 Å². The Morgan fingerprint density at radius 1 is 1.13 bits per heavy atom. The minimum absolute atomic E-state index is 0.0105. The van der Waals surface area contributed by atoms with Gasteiger partial charge in [0.2, 0.25) is 0 Å². The third-order valence-corrected chi connectivity index (χ3v) is 3.23. The first-order chi connectivity index (χ1) is 11.0. The van der Waals surface area contributed by atoms with Crippen LogP contribution in [0.25, 0.3) is 0 Å². The van der Waals surface area contributed by atoms with Gasteiger partial charge in [0.1, 0.15) is 17.1 Å². The molecule has 5 heteroatoms. The van der Waals surface area contributed by atoms with Crippen molar-refractivity contribution in [2.24, 2.45) is 0 Å². The fourth-order valence-electron chi connectivity index (χ4n) is 2.06. The van der Waals surface area contributed by atoms with Crippen LogP contribution in [0.4, 0.5) is 0 Å². The Kier molecular flexibility index (Phi) is 5.36. The summed E-state index contributed by atoms with van der Waals surface area (Å²) < 4.78 is 10.9. The molecule has 2 rings (SSSR count). The molecule has 0 heterocycles. The van der Waals surface area contributed by atoms with Crippen molar-refractivity contribution in [3.63, 3.8) is 0 Å². The number of ether oxygens (including phenoxy) is 2. The van der Waals surface area contributed by atoms with Crippen LogP contribution in [0.15, 0.2) is 48.5 Å². The lowest BCUT2D eigenvalue weighted by atomic mass is 10.2. The number of esters is 1. The minimum Gasteiger partial charge on any atom is -0.479 e. The molecule has 0 aliphatic carbocycles. The molecule has 2 aromatic carbocycles. The zero-order valence-corrected chi connectivity index (χ0v) is 13.0. The highest BCUT2D eigenvalue weighted by molar-refractivity contribution is 5.92. The van der Waals surface area contributed by atoms with E-state index in [9.17, 15) is 9.59 Å². The Balaban J connectivity index is 2.13. The molecule has 0 radical (unpaired) electrons. The fraction of sp³-hybridized carbons (Fsp3) is 0.222. The van der Waals surface area contributed by atoms with E-state index in [1.165, 1.54) is 12.1 Å². The van der Waals surface area contributed by atoms with Gasteiger partial charge in [-0.3, -0.25) is 0 Å². The highest BCUT2D eigenvalue weighted by Gasteiger charge is 2.23. The number of hydrogen-bond acceptors (Lipinski definition) is 4. The molecule has 0 fully saturated rings. The van der Waals surface area contributed by atoms with Crippen molar-refractivity contribution in [2.45, 2.75) is 26.4 Å². The zero-order chi connectivity index (χ0) is 16.8. The molecule has 0 amide bonds. The second kappa shape index (κ2) is 7.45. The summed E-state index contributed by atoms with van der Waals surface area (Å²) >= 11 is 0. The normalized spacial score (nSPS) is 11.6. The number of aromatic carboxylic acids is 1. The van der Waals surface area contributed by atoms with Gasteiger partial charge in [0.05, 0.1) is 0 Å². The quantitative estimate of drug-likeness (QED) is 0.653. The number of carboxylic acids is 1. The summed E-state index contributed by atoms with van der Waals surface area (Å²) in [5, 5.41) is 9.12. The van der Waals surface area contributed by atoms with Crippen LogP contribution in [0.5, 0.6) is 11.5 Å². The van der Waals surface area contributed by atoms with Crippen LogP contribution in [0.3, 0.4) is 0 Å². The van der Waals surface area contributed by atoms with E-state index < -0.39 is 18.0 Å². The molecule has 0 spiro atoms. The third kappa shape index (κ3) is 4.32. The summed E-state index contributed by atoms with van der Waals surface area (Å²) in [4.78, 5) is 23.4. The van der Waals surface area contributed by atoms with E-state index in [2.05, 4.69) is 0 Å². The number of hydrogen-bond donors (Lipinski definition) is 1. The van der Waals surface area contributed by atoms with Crippen LogP contribution >= 0.6 is 0 Å². The number of carbonyl (C=O) groups excluding carboxylic acids is 1. The maximum absolute atomic E-state index is 12.3. The van der Waals surface area contributed by atoms with E-state index in [0.29, 0.717) is 12.2 Å². The maximum atomic E-state index is 12.3. The van der Waals surface area contributed by atoms with Crippen LogP contribution < -0.4 is 9.47 Å². The van der Waals surface area contributed by atoms with Gasteiger partial charge in [-0.1, -0.05) is 31.2 Å². The van der Waals surface area contributed by atoms with Gasteiger partial charge in [0, 0.05) is 0 Å². The van der Waals surface area contributed by atoms with Gasteiger partial charge in [0.15, 0.2) is 6.10 Å². The van der Waals surface area contributed by atoms with E-state index in [1.54, 1.807) is 25.1 Å². The number of aryl methyl sites for hydroxylation is 1. The monoisotopic (exact) mass is 314 g/mol. The zero-order valence-electron chi connectivity index (χ0n) is 13.0. The van der Waals surface area contributed by atoms with Crippen molar-refractivity contribution < 1.29 is 24.2 Å². The topological polar surface area (TPSA) is 72.8 Å². The SMILES string of the molecule is CCC(Oc1cccc(C)c1)C(=O)Oc1ccccc1C(=O)O. The molecule has 0 saturated heterocycles. The van der Waals surface area contributed by atoms with Crippen LogP contribution in [0.1, 0.15) is 29.3 Å². The van der Waals surface area contributed by atoms with E-state index in [-0.39, 0.29) is 11.3 Å². The largest absolute Gasteiger partial charge is 0.479 e. The Morgan fingerprint density at radius 3 is 2.52 bits per heavy atom. The highest BCUT2D eigenvalue weighted by atomic mass is 16.6. The van der Waals surface area contributed by atoms with Gasteiger partial charge in [-0.15, -0.1) is 0 Å². The van der Waals surface area contributed by atoms with Crippen LogP contribution in [-0.2, 0) is 4.79 Å². The van der Waals surface area contributed by atoms with E-state index in [1.807, 2.05) is 25.1 Å². The van der Waals surface area contributed by atoms with E-state index >= 15 is 0 Å². The molecule has 0 aromatic heterocycles. The van der Waals surface area contributed by atoms with Crippen molar-refractivity contribution in [1.82, 2.24) is 0 Å².